The molecule has 1 N–H and O–H groups in total. The molecule has 2 rings (SSSR count). The van der Waals surface area contributed by atoms with Crippen LogP contribution < -0.4 is 0 Å². The van der Waals surface area contributed by atoms with Gasteiger partial charge in [0.15, 0.2) is 0 Å². The van der Waals surface area contributed by atoms with Crippen LogP contribution in [-0.4, -0.2) is 5.11 Å². The van der Waals surface area contributed by atoms with Crippen LogP contribution in [-0.2, 0) is 0 Å². The third-order valence-electron chi connectivity index (χ3n) is 3.61. The number of hydrogen-bond acceptors (Lipinski definition) is 1. The van der Waals surface area contributed by atoms with Crippen LogP contribution in [0.4, 0.5) is 0 Å². The van der Waals surface area contributed by atoms with Gasteiger partial charge in [-0.2, -0.15) is 0 Å². The van der Waals surface area contributed by atoms with E-state index in [0.717, 1.165) is 12.8 Å². The molecule has 13 heavy (non-hydrogen) atoms. The normalized spacial score (nSPS) is 29.7. The molecule has 0 saturated heterocycles. The molecule has 0 amide bonds. The minimum Gasteiger partial charge on any atom is -0.516 e. The molecule has 0 aromatic carbocycles. The molecule has 1 heteroatoms. The van der Waals surface area contributed by atoms with Gasteiger partial charge in [0.2, 0.25) is 0 Å². The zero-order valence-electron chi connectivity index (χ0n) is 8.13. The van der Waals surface area contributed by atoms with Crippen LogP contribution in [0.25, 0.3) is 0 Å². The van der Waals surface area contributed by atoms with Crippen molar-refractivity contribution < 1.29 is 5.11 Å². The summed E-state index contributed by atoms with van der Waals surface area (Å²) in [7, 11) is 0. The lowest BCUT2D eigenvalue weighted by molar-refractivity contribution is 0.262. The lowest BCUT2D eigenvalue weighted by atomic mass is 9.78. The number of rotatable bonds is 0. The van der Waals surface area contributed by atoms with Gasteiger partial charge in [-0.15, -0.1) is 0 Å². The summed E-state index contributed by atoms with van der Waals surface area (Å²) in [5, 5.41) is 8.97. The Labute approximate surface area is 80.2 Å². The Morgan fingerprint density at radius 1 is 1.15 bits per heavy atom. The summed E-state index contributed by atoms with van der Waals surface area (Å²) < 4.78 is 0. The fourth-order valence-electron chi connectivity index (χ4n) is 2.76. The van der Waals surface area contributed by atoms with Gasteiger partial charge in [-0.25, -0.2) is 0 Å². The SMILES string of the molecule is O/C=C1\CCC2(CCC=CCC2)C1. The summed E-state index contributed by atoms with van der Waals surface area (Å²) in [6.07, 6.45) is 14.6. The van der Waals surface area contributed by atoms with E-state index in [2.05, 4.69) is 12.2 Å². The van der Waals surface area contributed by atoms with Crippen molar-refractivity contribution in [3.8, 4) is 0 Å². The fourth-order valence-corrected chi connectivity index (χ4v) is 2.76. The van der Waals surface area contributed by atoms with E-state index in [1.165, 1.54) is 43.9 Å². The van der Waals surface area contributed by atoms with Crippen LogP contribution in [0.2, 0.25) is 0 Å². The first-order valence-corrected chi connectivity index (χ1v) is 5.32. The molecular formula is C12H18O. The van der Waals surface area contributed by atoms with Crippen molar-refractivity contribution in [2.75, 3.05) is 0 Å². The average molecular weight is 178 g/mol. The minimum absolute atomic E-state index is 0.540. The molecule has 1 fully saturated rings. The predicted octanol–water partition coefficient (Wildman–Crippen LogP) is 3.73. The summed E-state index contributed by atoms with van der Waals surface area (Å²) in [5.41, 5.74) is 1.81. The molecule has 2 aliphatic carbocycles. The first-order valence-electron chi connectivity index (χ1n) is 5.32. The highest BCUT2D eigenvalue weighted by Crippen LogP contribution is 2.48. The molecule has 0 atom stereocenters. The largest absolute Gasteiger partial charge is 0.516 e. The number of allylic oxidation sites excluding steroid dienone is 3. The summed E-state index contributed by atoms with van der Waals surface area (Å²) in [6, 6.07) is 0. The van der Waals surface area contributed by atoms with Crippen molar-refractivity contribution in [2.24, 2.45) is 5.41 Å². The van der Waals surface area contributed by atoms with E-state index in [1.54, 1.807) is 0 Å². The lowest BCUT2D eigenvalue weighted by Crippen LogP contribution is -2.14. The van der Waals surface area contributed by atoms with Crippen LogP contribution in [0.5, 0.6) is 0 Å². The van der Waals surface area contributed by atoms with Crippen molar-refractivity contribution in [2.45, 2.75) is 44.9 Å². The monoisotopic (exact) mass is 178 g/mol. The fraction of sp³-hybridized carbons (Fsp3) is 0.667. The topological polar surface area (TPSA) is 20.2 Å². The highest BCUT2D eigenvalue weighted by atomic mass is 16.2. The smallest absolute Gasteiger partial charge is 0.0783 e. The highest BCUT2D eigenvalue weighted by Gasteiger charge is 2.35. The Bertz CT molecular complexity index is 228. The van der Waals surface area contributed by atoms with Crippen LogP contribution >= 0.6 is 0 Å². The van der Waals surface area contributed by atoms with Crippen LogP contribution in [0.15, 0.2) is 24.0 Å². The van der Waals surface area contributed by atoms with Crippen molar-refractivity contribution >= 4 is 0 Å². The van der Waals surface area contributed by atoms with Gasteiger partial charge < -0.3 is 5.11 Å². The molecule has 0 aliphatic heterocycles. The molecule has 0 bridgehead atoms. The number of aliphatic hydroxyl groups excluding tert-OH is 1. The molecule has 0 aromatic heterocycles. The van der Waals surface area contributed by atoms with Crippen LogP contribution in [0.3, 0.4) is 0 Å². The maximum Gasteiger partial charge on any atom is 0.0783 e. The summed E-state index contributed by atoms with van der Waals surface area (Å²) in [6.45, 7) is 0. The first-order chi connectivity index (χ1) is 6.35. The number of hydrogen-bond donors (Lipinski definition) is 1. The Morgan fingerprint density at radius 3 is 2.38 bits per heavy atom. The van der Waals surface area contributed by atoms with Crippen molar-refractivity contribution in [1.29, 1.82) is 0 Å². The van der Waals surface area contributed by atoms with Crippen LogP contribution in [0, 0.1) is 5.41 Å². The highest BCUT2D eigenvalue weighted by molar-refractivity contribution is 5.11. The standard InChI is InChI=1S/C12H18O/c13-10-11-5-8-12(9-11)6-3-1-2-4-7-12/h1-2,10,13H,3-9H2/b11-10+. The average Bonchev–Trinajstić information content (AvgIpc) is 2.40. The Balaban J connectivity index is 2.05. The van der Waals surface area contributed by atoms with E-state index < -0.39 is 0 Å². The molecular weight excluding hydrogens is 160 g/mol. The van der Waals surface area contributed by atoms with Gasteiger partial charge in [0, 0.05) is 0 Å². The summed E-state index contributed by atoms with van der Waals surface area (Å²) >= 11 is 0. The van der Waals surface area contributed by atoms with Gasteiger partial charge in [0.05, 0.1) is 6.26 Å². The van der Waals surface area contributed by atoms with Gasteiger partial charge in [0.25, 0.3) is 0 Å². The van der Waals surface area contributed by atoms with Gasteiger partial charge >= 0.3 is 0 Å². The van der Waals surface area contributed by atoms with E-state index in [9.17, 15) is 0 Å². The van der Waals surface area contributed by atoms with Crippen molar-refractivity contribution in [1.82, 2.24) is 0 Å². The molecule has 1 nitrogen and oxygen atoms in total. The van der Waals surface area contributed by atoms with Gasteiger partial charge in [-0.3, -0.25) is 0 Å². The third kappa shape index (κ3) is 1.79. The van der Waals surface area contributed by atoms with E-state index >= 15 is 0 Å². The Kier molecular flexibility index (Phi) is 2.43. The number of aliphatic hydroxyl groups is 1. The molecule has 0 heterocycles. The molecule has 72 valence electrons. The van der Waals surface area contributed by atoms with E-state index in [1.807, 2.05) is 0 Å². The Morgan fingerprint density at radius 2 is 1.85 bits per heavy atom. The van der Waals surface area contributed by atoms with Crippen molar-refractivity contribution in [3.63, 3.8) is 0 Å². The lowest BCUT2D eigenvalue weighted by Gasteiger charge is -2.26. The first kappa shape index (κ1) is 8.86. The summed E-state index contributed by atoms with van der Waals surface area (Å²) in [4.78, 5) is 0. The van der Waals surface area contributed by atoms with E-state index in [0.29, 0.717) is 5.41 Å². The van der Waals surface area contributed by atoms with E-state index in [4.69, 9.17) is 5.11 Å². The zero-order chi connectivity index (χ0) is 9.15. The molecule has 1 spiro atoms. The second-order valence-electron chi connectivity index (χ2n) is 4.51. The van der Waals surface area contributed by atoms with Gasteiger partial charge in [-0.05, 0) is 55.9 Å². The zero-order valence-corrected chi connectivity index (χ0v) is 8.13. The Hall–Kier alpha value is -0.720. The quantitative estimate of drug-likeness (QED) is 0.442. The van der Waals surface area contributed by atoms with Crippen LogP contribution in [0.1, 0.15) is 44.9 Å². The second-order valence-corrected chi connectivity index (χ2v) is 4.51. The predicted molar refractivity (Wildman–Crippen MR) is 54.6 cm³/mol. The van der Waals surface area contributed by atoms with Gasteiger partial charge in [-0.1, -0.05) is 12.2 Å². The second kappa shape index (κ2) is 3.57. The van der Waals surface area contributed by atoms with Gasteiger partial charge in [0.1, 0.15) is 0 Å². The molecule has 0 aromatic rings. The maximum atomic E-state index is 8.97. The maximum absolute atomic E-state index is 8.97. The molecule has 2 aliphatic rings. The van der Waals surface area contributed by atoms with Crippen molar-refractivity contribution in [3.05, 3.63) is 24.0 Å². The minimum atomic E-state index is 0.540. The molecule has 0 radical (unpaired) electrons. The molecule has 0 unspecified atom stereocenters. The summed E-state index contributed by atoms with van der Waals surface area (Å²) in [5.74, 6) is 0. The van der Waals surface area contributed by atoms with E-state index in [-0.39, 0.29) is 0 Å². The molecule has 1 saturated carbocycles. The third-order valence-corrected chi connectivity index (χ3v) is 3.61.